The van der Waals surface area contributed by atoms with E-state index in [1.165, 1.54) is 6.42 Å². The molecule has 4 heteroatoms. The largest absolute Gasteiger partial charge is 0.355 e. The Bertz CT molecular complexity index is 401. The fraction of sp³-hybridized carbons (Fsp3) is 0.667. The fourth-order valence-corrected chi connectivity index (χ4v) is 3.00. The van der Waals surface area contributed by atoms with Gasteiger partial charge in [-0.1, -0.05) is 19.9 Å². The van der Waals surface area contributed by atoms with Gasteiger partial charge in [-0.05, 0) is 32.5 Å². The standard InChI is InChI=1S/C15H26N4/c1-4-18(5-2)13-8-10-19(11-13)15-14(12(3)16)7-6-9-17-15/h6-7,9,12-13H,4-5,8,10-11,16H2,1-3H3/t12-,13?/m0/s1. The average molecular weight is 262 g/mol. The van der Waals surface area contributed by atoms with Gasteiger partial charge >= 0.3 is 0 Å². The molecule has 2 rings (SSSR count). The van der Waals surface area contributed by atoms with Crippen molar-refractivity contribution >= 4 is 5.82 Å². The summed E-state index contributed by atoms with van der Waals surface area (Å²) in [5.74, 6) is 1.08. The first-order valence-electron chi connectivity index (χ1n) is 7.36. The van der Waals surface area contributed by atoms with Gasteiger partial charge in [0.05, 0.1) is 0 Å². The first kappa shape index (κ1) is 14.3. The molecule has 2 N–H and O–H groups in total. The highest BCUT2D eigenvalue weighted by atomic mass is 15.3. The Hall–Kier alpha value is -1.13. The van der Waals surface area contributed by atoms with E-state index in [0.29, 0.717) is 6.04 Å². The summed E-state index contributed by atoms with van der Waals surface area (Å²) in [7, 11) is 0. The third-order valence-electron chi connectivity index (χ3n) is 4.10. The predicted molar refractivity (Wildman–Crippen MR) is 80.4 cm³/mol. The summed E-state index contributed by atoms with van der Waals surface area (Å²) in [6.45, 7) is 10.9. The van der Waals surface area contributed by atoms with E-state index in [1.807, 2.05) is 19.2 Å². The Labute approximate surface area is 116 Å². The molecule has 1 unspecified atom stereocenters. The summed E-state index contributed by atoms with van der Waals surface area (Å²) in [5, 5.41) is 0. The van der Waals surface area contributed by atoms with E-state index in [4.69, 9.17) is 5.73 Å². The Kier molecular flexibility index (Phi) is 4.77. The number of likely N-dealkylation sites (N-methyl/N-ethyl adjacent to an activating group) is 1. The first-order chi connectivity index (χ1) is 9.17. The number of hydrogen-bond acceptors (Lipinski definition) is 4. The van der Waals surface area contributed by atoms with Crippen LogP contribution in [0, 0.1) is 0 Å². The maximum atomic E-state index is 6.05. The van der Waals surface area contributed by atoms with Gasteiger partial charge in [0.25, 0.3) is 0 Å². The van der Waals surface area contributed by atoms with E-state index in [0.717, 1.165) is 37.6 Å². The molecule has 0 bridgehead atoms. The van der Waals surface area contributed by atoms with E-state index in [-0.39, 0.29) is 6.04 Å². The van der Waals surface area contributed by atoms with Crippen LogP contribution in [0.2, 0.25) is 0 Å². The highest BCUT2D eigenvalue weighted by Crippen LogP contribution is 2.27. The van der Waals surface area contributed by atoms with Crippen LogP contribution in [0.3, 0.4) is 0 Å². The summed E-state index contributed by atoms with van der Waals surface area (Å²) in [6.07, 6.45) is 3.09. The van der Waals surface area contributed by atoms with Crippen LogP contribution in [0.4, 0.5) is 5.82 Å². The number of pyridine rings is 1. The lowest BCUT2D eigenvalue weighted by molar-refractivity contribution is 0.232. The smallest absolute Gasteiger partial charge is 0.133 e. The molecular weight excluding hydrogens is 236 g/mol. The quantitative estimate of drug-likeness (QED) is 0.882. The SMILES string of the molecule is CCN(CC)C1CCN(c2ncccc2[C@H](C)N)C1. The van der Waals surface area contributed by atoms with Crippen molar-refractivity contribution < 1.29 is 0 Å². The lowest BCUT2D eigenvalue weighted by Gasteiger charge is -2.27. The molecule has 0 aliphatic carbocycles. The molecule has 0 saturated carbocycles. The molecule has 2 heterocycles. The first-order valence-corrected chi connectivity index (χ1v) is 7.36. The third-order valence-corrected chi connectivity index (χ3v) is 4.10. The predicted octanol–water partition coefficient (Wildman–Crippen LogP) is 2.02. The monoisotopic (exact) mass is 262 g/mol. The van der Waals surface area contributed by atoms with Gasteiger partial charge in [-0.25, -0.2) is 4.98 Å². The van der Waals surface area contributed by atoms with Gasteiger partial charge in [0.2, 0.25) is 0 Å². The molecule has 106 valence electrons. The molecular formula is C15H26N4. The summed E-state index contributed by atoms with van der Waals surface area (Å²) in [6, 6.07) is 4.76. The van der Waals surface area contributed by atoms with Crippen LogP contribution in [0.25, 0.3) is 0 Å². The zero-order chi connectivity index (χ0) is 13.8. The summed E-state index contributed by atoms with van der Waals surface area (Å²) >= 11 is 0. The number of hydrogen-bond donors (Lipinski definition) is 1. The van der Waals surface area contributed by atoms with Gasteiger partial charge in [-0.15, -0.1) is 0 Å². The fourth-order valence-electron chi connectivity index (χ4n) is 3.00. The van der Waals surface area contributed by atoms with Gasteiger partial charge in [-0.3, -0.25) is 4.90 Å². The second-order valence-electron chi connectivity index (χ2n) is 5.31. The Morgan fingerprint density at radius 2 is 2.21 bits per heavy atom. The molecule has 4 nitrogen and oxygen atoms in total. The highest BCUT2D eigenvalue weighted by Gasteiger charge is 2.28. The van der Waals surface area contributed by atoms with Crippen molar-refractivity contribution in [2.24, 2.45) is 5.73 Å². The molecule has 0 spiro atoms. The van der Waals surface area contributed by atoms with Crippen LogP contribution in [0.5, 0.6) is 0 Å². The average Bonchev–Trinajstić information content (AvgIpc) is 2.89. The van der Waals surface area contributed by atoms with Crippen molar-refractivity contribution in [3.05, 3.63) is 23.9 Å². The molecule has 1 aliphatic heterocycles. The second kappa shape index (κ2) is 6.35. The van der Waals surface area contributed by atoms with E-state index in [2.05, 4.69) is 34.7 Å². The minimum Gasteiger partial charge on any atom is -0.355 e. The molecule has 1 saturated heterocycles. The van der Waals surface area contributed by atoms with Crippen LogP contribution in [0.15, 0.2) is 18.3 Å². The zero-order valence-corrected chi connectivity index (χ0v) is 12.3. The molecule has 0 aromatic carbocycles. The van der Waals surface area contributed by atoms with Gasteiger partial charge in [0.15, 0.2) is 0 Å². The number of nitrogens with two attached hydrogens (primary N) is 1. The summed E-state index contributed by atoms with van der Waals surface area (Å²) in [4.78, 5) is 9.48. The number of anilines is 1. The summed E-state index contributed by atoms with van der Waals surface area (Å²) < 4.78 is 0. The van der Waals surface area contributed by atoms with Crippen molar-refractivity contribution in [3.8, 4) is 0 Å². The topological polar surface area (TPSA) is 45.4 Å². The molecule has 1 aromatic heterocycles. The van der Waals surface area contributed by atoms with Gasteiger partial charge in [0.1, 0.15) is 5.82 Å². The summed E-state index contributed by atoms with van der Waals surface area (Å²) in [5.41, 5.74) is 7.21. The lowest BCUT2D eigenvalue weighted by atomic mass is 10.1. The maximum Gasteiger partial charge on any atom is 0.133 e. The van der Waals surface area contributed by atoms with Crippen LogP contribution >= 0.6 is 0 Å². The van der Waals surface area contributed by atoms with E-state index < -0.39 is 0 Å². The molecule has 0 radical (unpaired) electrons. The van der Waals surface area contributed by atoms with Crippen molar-refractivity contribution in [1.82, 2.24) is 9.88 Å². The minimum atomic E-state index is 0.0382. The van der Waals surface area contributed by atoms with Crippen LogP contribution in [0.1, 0.15) is 38.8 Å². The van der Waals surface area contributed by atoms with Gasteiger partial charge < -0.3 is 10.6 Å². The normalized spacial score (nSPS) is 21.1. The van der Waals surface area contributed by atoms with E-state index in [1.54, 1.807) is 0 Å². The number of aromatic nitrogens is 1. The molecule has 19 heavy (non-hydrogen) atoms. The second-order valence-corrected chi connectivity index (χ2v) is 5.31. The Morgan fingerprint density at radius 1 is 1.47 bits per heavy atom. The number of nitrogens with zero attached hydrogens (tertiary/aromatic N) is 3. The number of rotatable bonds is 5. The van der Waals surface area contributed by atoms with Crippen molar-refractivity contribution in [3.63, 3.8) is 0 Å². The highest BCUT2D eigenvalue weighted by molar-refractivity contribution is 5.49. The van der Waals surface area contributed by atoms with Crippen LogP contribution in [-0.4, -0.2) is 42.1 Å². The molecule has 1 fully saturated rings. The maximum absolute atomic E-state index is 6.05. The van der Waals surface area contributed by atoms with Gasteiger partial charge in [0, 0.05) is 36.9 Å². The van der Waals surface area contributed by atoms with Crippen molar-refractivity contribution in [2.75, 3.05) is 31.1 Å². The molecule has 2 atom stereocenters. The third kappa shape index (κ3) is 3.07. The Morgan fingerprint density at radius 3 is 2.84 bits per heavy atom. The minimum absolute atomic E-state index is 0.0382. The van der Waals surface area contributed by atoms with E-state index >= 15 is 0 Å². The lowest BCUT2D eigenvalue weighted by Crippen LogP contribution is -2.37. The molecule has 1 aliphatic rings. The zero-order valence-electron chi connectivity index (χ0n) is 12.3. The van der Waals surface area contributed by atoms with Crippen molar-refractivity contribution in [2.45, 2.75) is 39.3 Å². The van der Waals surface area contributed by atoms with Gasteiger partial charge in [-0.2, -0.15) is 0 Å². The van der Waals surface area contributed by atoms with E-state index in [9.17, 15) is 0 Å². The van der Waals surface area contributed by atoms with Crippen LogP contribution in [-0.2, 0) is 0 Å². The van der Waals surface area contributed by atoms with Crippen molar-refractivity contribution in [1.29, 1.82) is 0 Å². The van der Waals surface area contributed by atoms with Crippen LogP contribution < -0.4 is 10.6 Å². The molecule has 1 aromatic rings. The molecule has 0 amide bonds. The Balaban J connectivity index is 2.13.